The normalized spacial score (nSPS) is 10.0. The molecule has 13 heavy (non-hydrogen) atoms. The van der Waals surface area contributed by atoms with Gasteiger partial charge in [-0.25, -0.2) is 9.37 Å². The van der Waals surface area contributed by atoms with Gasteiger partial charge in [-0.2, -0.15) is 11.8 Å². The first-order valence-electron chi connectivity index (χ1n) is 4.17. The molecule has 0 amide bonds. The number of pyridine rings is 1. The van der Waals surface area contributed by atoms with Gasteiger partial charge in [0, 0.05) is 6.54 Å². The summed E-state index contributed by atoms with van der Waals surface area (Å²) < 4.78 is 12.4. The first kappa shape index (κ1) is 10.3. The number of nitrogens with zero attached hydrogens (tertiary/aromatic N) is 1. The van der Waals surface area contributed by atoms with Gasteiger partial charge in [0.05, 0.1) is 6.20 Å². The third-order valence-electron chi connectivity index (χ3n) is 1.56. The molecule has 1 rings (SSSR count). The predicted octanol–water partition coefficient (Wildman–Crippen LogP) is 2.39. The minimum Gasteiger partial charge on any atom is -0.370 e. The highest BCUT2D eigenvalue weighted by molar-refractivity contribution is 7.98. The monoisotopic (exact) mass is 200 g/mol. The van der Waals surface area contributed by atoms with E-state index >= 15 is 0 Å². The molecule has 0 atom stereocenters. The first-order chi connectivity index (χ1) is 6.33. The van der Waals surface area contributed by atoms with Gasteiger partial charge in [-0.3, -0.25) is 0 Å². The summed E-state index contributed by atoms with van der Waals surface area (Å²) in [6, 6.07) is 3.05. The third kappa shape index (κ3) is 4.12. The minimum atomic E-state index is -0.297. The fourth-order valence-corrected chi connectivity index (χ4v) is 1.35. The Morgan fingerprint density at radius 2 is 2.38 bits per heavy atom. The molecule has 0 spiro atoms. The van der Waals surface area contributed by atoms with Gasteiger partial charge in [-0.1, -0.05) is 0 Å². The maximum atomic E-state index is 12.4. The molecule has 4 heteroatoms. The highest BCUT2D eigenvalue weighted by atomic mass is 32.2. The number of hydrogen-bond acceptors (Lipinski definition) is 3. The summed E-state index contributed by atoms with van der Waals surface area (Å²) in [7, 11) is 0. The highest BCUT2D eigenvalue weighted by Gasteiger charge is 1.93. The molecule has 72 valence electrons. The molecule has 0 radical (unpaired) electrons. The van der Waals surface area contributed by atoms with Gasteiger partial charge in [-0.05, 0) is 30.6 Å². The van der Waals surface area contributed by atoms with Crippen molar-refractivity contribution in [2.45, 2.75) is 6.42 Å². The molecular weight excluding hydrogens is 187 g/mol. The third-order valence-corrected chi connectivity index (χ3v) is 2.26. The van der Waals surface area contributed by atoms with Crippen molar-refractivity contribution >= 4 is 17.6 Å². The zero-order chi connectivity index (χ0) is 9.52. The summed E-state index contributed by atoms with van der Waals surface area (Å²) in [5.41, 5.74) is 0. The maximum absolute atomic E-state index is 12.4. The largest absolute Gasteiger partial charge is 0.370 e. The molecule has 2 nitrogen and oxygen atoms in total. The number of aromatic nitrogens is 1. The van der Waals surface area contributed by atoms with Crippen LogP contribution in [0.25, 0.3) is 0 Å². The zero-order valence-electron chi connectivity index (χ0n) is 7.59. The van der Waals surface area contributed by atoms with Crippen molar-refractivity contribution in [1.82, 2.24) is 4.98 Å². The van der Waals surface area contributed by atoms with E-state index < -0.39 is 0 Å². The molecule has 1 heterocycles. The van der Waals surface area contributed by atoms with E-state index in [2.05, 4.69) is 16.6 Å². The fourth-order valence-electron chi connectivity index (χ4n) is 0.913. The van der Waals surface area contributed by atoms with Crippen LogP contribution in [0.5, 0.6) is 0 Å². The Hall–Kier alpha value is -0.770. The summed E-state index contributed by atoms with van der Waals surface area (Å²) in [6.07, 6.45) is 4.40. The van der Waals surface area contributed by atoms with E-state index in [1.807, 2.05) is 11.8 Å². The van der Waals surface area contributed by atoms with Crippen LogP contribution in [-0.2, 0) is 0 Å². The molecule has 0 aromatic carbocycles. The van der Waals surface area contributed by atoms with E-state index in [9.17, 15) is 4.39 Å². The Kier molecular flexibility index (Phi) is 4.60. The van der Waals surface area contributed by atoms with Gasteiger partial charge in [0.15, 0.2) is 0 Å². The lowest BCUT2D eigenvalue weighted by Gasteiger charge is -2.03. The highest BCUT2D eigenvalue weighted by Crippen LogP contribution is 2.03. The molecule has 0 saturated carbocycles. The molecule has 0 unspecified atom stereocenters. The Bertz CT molecular complexity index is 238. The van der Waals surface area contributed by atoms with Crippen molar-refractivity contribution in [2.75, 3.05) is 23.9 Å². The van der Waals surface area contributed by atoms with E-state index in [4.69, 9.17) is 0 Å². The standard InChI is InChI=1S/C9H13FN2S/c1-13-6-2-5-11-9-4-3-8(10)7-12-9/h3-4,7H,2,5-6H2,1H3,(H,11,12). The number of rotatable bonds is 5. The van der Waals surface area contributed by atoms with Gasteiger partial charge in [-0.15, -0.1) is 0 Å². The lowest BCUT2D eigenvalue weighted by Crippen LogP contribution is -2.03. The van der Waals surface area contributed by atoms with Crippen molar-refractivity contribution < 1.29 is 4.39 Å². The van der Waals surface area contributed by atoms with Gasteiger partial charge in [0.1, 0.15) is 11.6 Å². The Balaban J connectivity index is 2.25. The van der Waals surface area contributed by atoms with Gasteiger partial charge in [0.25, 0.3) is 0 Å². The van der Waals surface area contributed by atoms with E-state index in [0.717, 1.165) is 24.5 Å². The van der Waals surface area contributed by atoms with Crippen LogP contribution >= 0.6 is 11.8 Å². The molecule has 1 N–H and O–H groups in total. The van der Waals surface area contributed by atoms with Gasteiger partial charge < -0.3 is 5.32 Å². The van der Waals surface area contributed by atoms with Crippen LogP contribution in [0, 0.1) is 5.82 Å². The molecule has 0 aliphatic heterocycles. The van der Waals surface area contributed by atoms with Crippen molar-refractivity contribution in [1.29, 1.82) is 0 Å². The Morgan fingerprint density at radius 1 is 1.54 bits per heavy atom. The first-order valence-corrected chi connectivity index (χ1v) is 5.56. The molecule has 0 aliphatic carbocycles. The summed E-state index contributed by atoms with van der Waals surface area (Å²) in [5, 5.41) is 3.12. The summed E-state index contributed by atoms with van der Waals surface area (Å²) in [5.74, 6) is 1.57. The Labute approximate surface area is 81.9 Å². The SMILES string of the molecule is CSCCCNc1ccc(F)cn1. The van der Waals surface area contributed by atoms with Crippen LogP contribution < -0.4 is 5.32 Å². The fraction of sp³-hybridized carbons (Fsp3) is 0.444. The topological polar surface area (TPSA) is 24.9 Å². The number of halogens is 1. The van der Waals surface area contributed by atoms with Crippen LogP contribution in [0.3, 0.4) is 0 Å². The molecule has 0 aliphatic rings. The minimum absolute atomic E-state index is 0.297. The van der Waals surface area contributed by atoms with Crippen LogP contribution in [0.1, 0.15) is 6.42 Å². The smallest absolute Gasteiger partial charge is 0.141 e. The number of thioether (sulfide) groups is 1. The summed E-state index contributed by atoms with van der Waals surface area (Å²) in [6.45, 7) is 0.888. The van der Waals surface area contributed by atoms with Gasteiger partial charge in [0.2, 0.25) is 0 Å². The molecule has 1 aromatic heterocycles. The van der Waals surface area contributed by atoms with Crippen LogP contribution in [0.15, 0.2) is 18.3 Å². The quantitative estimate of drug-likeness (QED) is 0.739. The number of hydrogen-bond donors (Lipinski definition) is 1. The molecule has 1 aromatic rings. The van der Waals surface area contributed by atoms with Crippen molar-refractivity contribution in [3.63, 3.8) is 0 Å². The van der Waals surface area contributed by atoms with E-state index in [1.165, 1.54) is 12.3 Å². The molecule has 0 fully saturated rings. The molecule has 0 saturated heterocycles. The maximum Gasteiger partial charge on any atom is 0.141 e. The van der Waals surface area contributed by atoms with Crippen molar-refractivity contribution in [2.24, 2.45) is 0 Å². The van der Waals surface area contributed by atoms with E-state index in [1.54, 1.807) is 6.07 Å². The van der Waals surface area contributed by atoms with Crippen molar-refractivity contribution in [3.8, 4) is 0 Å². The average Bonchev–Trinajstić information content (AvgIpc) is 2.15. The second kappa shape index (κ2) is 5.80. The van der Waals surface area contributed by atoms with E-state index in [-0.39, 0.29) is 5.82 Å². The molecular formula is C9H13FN2S. The average molecular weight is 200 g/mol. The van der Waals surface area contributed by atoms with Crippen LogP contribution in [0.4, 0.5) is 10.2 Å². The Morgan fingerprint density at radius 3 is 3.00 bits per heavy atom. The second-order valence-corrected chi connectivity index (χ2v) is 3.62. The lowest BCUT2D eigenvalue weighted by molar-refractivity contribution is 0.621. The van der Waals surface area contributed by atoms with Crippen LogP contribution in [-0.4, -0.2) is 23.5 Å². The number of anilines is 1. The lowest BCUT2D eigenvalue weighted by atomic mass is 10.4. The summed E-state index contributed by atoms with van der Waals surface area (Å²) in [4.78, 5) is 3.88. The predicted molar refractivity (Wildman–Crippen MR) is 55.7 cm³/mol. The van der Waals surface area contributed by atoms with Crippen LogP contribution in [0.2, 0.25) is 0 Å². The van der Waals surface area contributed by atoms with Crippen molar-refractivity contribution in [3.05, 3.63) is 24.1 Å². The summed E-state index contributed by atoms with van der Waals surface area (Å²) >= 11 is 1.82. The number of nitrogens with one attached hydrogen (secondary N) is 1. The second-order valence-electron chi connectivity index (χ2n) is 2.63. The molecule has 0 bridgehead atoms. The zero-order valence-corrected chi connectivity index (χ0v) is 8.40. The van der Waals surface area contributed by atoms with Gasteiger partial charge >= 0.3 is 0 Å². The van der Waals surface area contributed by atoms with E-state index in [0.29, 0.717) is 0 Å².